The van der Waals surface area contributed by atoms with Crippen molar-refractivity contribution in [1.82, 2.24) is 0 Å². The van der Waals surface area contributed by atoms with Crippen molar-refractivity contribution in [3.63, 3.8) is 0 Å². The van der Waals surface area contributed by atoms with E-state index in [1.165, 1.54) is 0 Å². The second-order valence-electron chi connectivity index (χ2n) is 4.76. The fourth-order valence-electron chi connectivity index (χ4n) is 1.88. The van der Waals surface area contributed by atoms with Crippen molar-refractivity contribution in [2.75, 3.05) is 6.61 Å². The molecule has 4 nitrogen and oxygen atoms in total. The first kappa shape index (κ1) is 13.2. The predicted molar refractivity (Wildman–Crippen MR) is 66.0 cm³/mol. The minimum atomic E-state index is -0.637. The molecule has 1 heterocycles. The molecule has 1 unspecified atom stereocenters. The van der Waals surface area contributed by atoms with E-state index in [4.69, 9.17) is 14.2 Å². The van der Waals surface area contributed by atoms with Crippen molar-refractivity contribution < 1.29 is 19.0 Å². The SMILES string of the molecule is CC1(C)OC[C@H](C(C=O)OCc2ccccc2)O1. The maximum atomic E-state index is 11.1. The van der Waals surface area contributed by atoms with Gasteiger partial charge in [-0.25, -0.2) is 0 Å². The van der Waals surface area contributed by atoms with Gasteiger partial charge in [-0.15, -0.1) is 0 Å². The molecule has 0 radical (unpaired) electrons. The predicted octanol–water partition coefficient (Wildman–Crippen LogP) is 1.92. The van der Waals surface area contributed by atoms with Crippen molar-refractivity contribution in [2.24, 2.45) is 0 Å². The number of carbonyl (C=O) groups excluding carboxylic acids is 1. The highest BCUT2D eigenvalue weighted by atomic mass is 16.7. The van der Waals surface area contributed by atoms with Crippen LogP contribution >= 0.6 is 0 Å². The van der Waals surface area contributed by atoms with Crippen LogP contribution in [0.3, 0.4) is 0 Å². The molecule has 0 aromatic heterocycles. The Hall–Kier alpha value is -1.23. The standard InChI is InChI=1S/C14H18O4/c1-14(2)17-10-13(18-14)12(8-15)16-9-11-6-4-3-5-7-11/h3-8,12-13H,9-10H2,1-2H3/t12?,13-/m1/s1. The Morgan fingerprint density at radius 1 is 1.44 bits per heavy atom. The third-order valence-electron chi connectivity index (χ3n) is 2.82. The van der Waals surface area contributed by atoms with Crippen molar-refractivity contribution >= 4 is 6.29 Å². The van der Waals surface area contributed by atoms with Gasteiger partial charge in [0.05, 0.1) is 13.2 Å². The maximum Gasteiger partial charge on any atom is 0.163 e. The summed E-state index contributed by atoms with van der Waals surface area (Å²) in [5.74, 6) is -0.637. The van der Waals surface area contributed by atoms with E-state index in [1.807, 2.05) is 44.2 Å². The summed E-state index contributed by atoms with van der Waals surface area (Å²) >= 11 is 0. The highest BCUT2D eigenvalue weighted by Gasteiger charge is 2.37. The fraction of sp³-hybridized carbons (Fsp3) is 0.500. The van der Waals surface area contributed by atoms with Gasteiger partial charge in [-0.1, -0.05) is 30.3 Å². The molecule has 1 aromatic carbocycles. The number of hydrogen-bond donors (Lipinski definition) is 0. The average Bonchev–Trinajstić information content (AvgIpc) is 2.72. The minimum Gasteiger partial charge on any atom is -0.363 e. The van der Waals surface area contributed by atoms with E-state index in [0.717, 1.165) is 11.8 Å². The van der Waals surface area contributed by atoms with Gasteiger partial charge in [0.2, 0.25) is 0 Å². The monoisotopic (exact) mass is 250 g/mol. The molecule has 0 aliphatic carbocycles. The summed E-state index contributed by atoms with van der Waals surface area (Å²) in [6, 6.07) is 9.73. The number of aldehydes is 1. The third kappa shape index (κ3) is 3.38. The average molecular weight is 250 g/mol. The van der Waals surface area contributed by atoms with Gasteiger partial charge < -0.3 is 19.0 Å². The summed E-state index contributed by atoms with van der Waals surface area (Å²) < 4.78 is 16.6. The molecule has 1 aromatic rings. The molecule has 1 saturated heterocycles. The van der Waals surface area contributed by atoms with Gasteiger partial charge in [-0.05, 0) is 19.4 Å². The van der Waals surface area contributed by atoms with Crippen LogP contribution in [0, 0.1) is 0 Å². The number of carbonyl (C=O) groups is 1. The van der Waals surface area contributed by atoms with Crippen LogP contribution in [-0.4, -0.2) is 30.9 Å². The molecule has 0 spiro atoms. The Morgan fingerprint density at radius 3 is 2.72 bits per heavy atom. The molecule has 0 bridgehead atoms. The Morgan fingerprint density at radius 2 is 2.17 bits per heavy atom. The number of rotatable bonds is 5. The largest absolute Gasteiger partial charge is 0.363 e. The Labute approximate surface area is 107 Å². The van der Waals surface area contributed by atoms with Crippen LogP contribution in [-0.2, 0) is 25.6 Å². The van der Waals surface area contributed by atoms with Gasteiger partial charge in [-0.2, -0.15) is 0 Å². The zero-order chi connectivity index (χ0) is 13.0. The Balaban J connectivity index is 1.89. The molecular formula is C14H18O4. The molecule has 0 N–H and O–H groups in total. The van der Waals surface area contributed by atoms with Crippen LogP contribution in [0.1, 0.15) is 19.4 Å². The lowest BCUT2D eigenvalue weighted by atomic mass is 10.2. The van der Waals surface area contributed by atoms with E-state index in [0.29, 0.717) is 13.2 Å². The lowest BCUT2D eigenvalue weighted by Gasteiger charge is -2.20. The Bertz CT molecular complexity index is 388. The smallest absolute Gasteiger partial charge is 0.163 e. The van der Waals surface area contributed by atoms with Crippen molar-refractivity contribution in [1.29, 1.82) is 0 Å². The summed E-state index contributed by atoms with van der Waals surface area (Å²) in [5, 5.41) is 0. The summed E-state index contributed by atoms with van der Waals surface area (Å²) in [4.78, 5) is 11.1. The lowest BCUT2D eigenvalue weighted by Crippen LogP contribution is -2.34. The van der Waals surface area contributed by atoms with Gasteiger partial charge in [0.25, 0.3) is 0 Å². The molecule has 1 fully saturated rings. The second-order valence-corrected chi connectivity index (χ2v) is 4.76. The molecule has 18 heavy (non-hydrogen) atoms. The molecule has 1 aliphatic rings. The van der Waals surface area contributed by atoms with Crippen LogP contribution in [0.25, 0.3) is 0 Å². The fourth-order valence-corrected chi connectivity index (χ4v) is 1.88. The summed E-state index contributed by atoms with van der Waals surface area (Å²) in [5.41, 5.74) is 1.03. The van der Waals surface area contributed by atoms with Gasteiger partial charge in [-0.3, -0.25) is 0 Å². The second kappa shape index (κ2) is 5.61. The highest BCUT2D eigenvalue weighted by molar-refractivity contribution is 5.57. The Kier molecular flexibility index (Phi) is 4.11. The molecule has 2 rings (SSSR count). The summed E-state index contributed by atoms with van der Waals surface area (Å²) in [6.07, 6.45) is -0.147. The number of ether oxygens (including phenoxy) is 3. The van der Waals surface area contributed by atoms with E-state index >= 15 is 0 Å². The van der Waals surface area contributed by atoms with Gasteiger partial charge in [0, 0.05) is 0 Å². The van der Waals surface area contributed by atoms with Crippen molar-refractivity contribution in [3.8, 4) is 0 Å². The zero-order valence-electron chi connectivity index (χ0n) is 10.7. The van der Waals surface area contributed by atoms with Crippen LogP contribution in [0.15, 0.2) is 30.3 Å². The summed E-state index contributed by atoms with van der Waals surface area (Å²) in [7, 11) is 0. The van der Waals surface area contributed by atoms with Crippen LogP contribution in [0.4, 0.5) is 0 Å². The minimum absolute atomic E-state index is 0.332. The molecule has 0 amide bonds. The first-order chi connectivity index (χ1) is 8.61. The van der Waals surface area contributed by atoms with E-state index < -0.39 is 11.9 Å². The van der Waals surface area contributed by atoms with Crippen LogP contribution in [0.5, 0.6) is 0 Å². The number of benzene rings is 1. The molecule has 1 aliphatic heterocycles. The van der Waals surface area contributed by atoms with E-state index in [1.54, 1.807) is 0 Å². The molecule has 4 heteroatoms. The first-order valence-electron chi connectivity index (χ1n) is 6.03. The van der Waals surface area contributed by atoms with Crippen molar-refractivity contribution in [3.05, 3.63) is 35.9 Å². The van der Waals surface area contributed by atoms with E-state index in [9.17, 15) is 4.79 Å². The van der Waals surface area contributed by atoms with E-state index in [-0.39, 0.29) is 6.10 Å². The first-order valence-corrected chi connectivity index (χ1v) is 6.03. The van der Waals surface area contributed by atoms with E-state index in [2.05, 4.69) is 0 Å². The van der Waals surface area contributed by atoms with Crippen LogP contribution < -0.4 is 0 Å². The molecular weight excluding hydrogens is 232 g/mol. The zero-order valence-corrected chi connectivity index (χ0v) is 10.7. The number of hydrogen-bond acceptors (Lipinski definition) is 4. The van der Waals surface area contributed by atoms with Gasteiger partial charge in [0.15, 0.2) is 12.1 Å². The maximum absolute atomic E-state index is 11.1. The molecule has 98 valence electrons. The normalized spacial score (nSPS) is 23.8. The quantitative estimate of drug-likeness (QED) is 0.749. The highest BCUT2D eigenvalue weighted by Crippen LogP contribution is 2.25. The third-order valence-corrected chi connectivity index (χ3v) is 2.82. The summed E-state index contributed by atoms with van der Waals surface area (Å²) in [6.45, 7) is 4.42. The topological polar surface area (TPSA) is 44.8 Å². The van der Waals surface area contributed by atoms with Crippen LogP contribution in [0.2, 0.25) is 0 Å². The molecule has 2 atom stereocenters. The lowest BCUT2D eigenvalue weighted by molar-refractivity contribution is -0.160. The molecule has 0 saturated carbocycles. The van der Waals surface area contributed by atoms with Gasteiger partial charge >= 0.3 is 0 Å². The van der Waals surface area contributed by atoms with Crippen molar-refractivity contribution in [2.45, 2.75) is 38.4 Å². The van der Waals surface area contributed by atoms with Gasteiger partial charge in [0.1, 0.15) is 12.2 Å².